The van der Waals surface area contributed by atoms with Gasteiger partial charge in [-0.3, -0.25) is 0 Å². The van der Waals surface area contributed by atoms with Crippen molar-refractivity contribution in [2.45, 2.75) is 46.5 Å². The average Bonchev–Trinajstić information content (AvgIpc) is 2.19. The van der Waals surface area contributed by atoms with Crippen molar-refractivity contribution in [3.63, 3.8) is 0 Å². The predicted molar refractivity (Wildman–Crippen MR) is 69.7 cm³/mol. The van der Waals surface area contributed by atoms with Crippen LogP contribution in [0.5, 0.6) is 0 Å². The van der Waals surface area contributed by atoms with Gasteiger partial charge in [-0.2, -0.15) is 0 Å². The molecule has 88 valence electrons. The topological polar surface area (TPSA) is 26.0 Å². The molecule has 0 radical (unpaired) electrons. The van der Waals surface area contributed by atoms with Gasteiger partial charge in [0.15, 0.2) is 0 Å². The van der Waals surface area contributed by atoms with E-state index in [1.54, 1.807) is 0 Å². The van der Waals surface area contributed by atoms with Gasteiger partial charge in [-0.15, -0.1) is 0 Å². The van der Waals surface area contributed by atoms with Crippen molar-refractivity contribution in [3.8, 4) is 0 Å². The van der Waals surface area contributed by atoms with Gasteiger partial charge in [0.05, 0.1) is 0 Å². The summed E-state index contributed by atoms with van der Waals surface area (Å²) in [7, 11) is 0. The molecule has 0 heterocycles. The maximum absolute atomic E-state index is 5.93. The summed E-state index contributed by atoms with van der Waals surface area (Å²) in [4.78, 5) is 0. The van der Waals surface area contributed by atoms with Gasteiger partial charge in [-0.05, 0) is 74.2 Å². The summed E-state index contributed by atoms with van der Waals surface area (Å²) in [6.45, 7) is 7.46. The molecular formula is C15H23N. The quantitative estimate of drug-likeness (QED) is 0.826. The molecule has 16 heavy (non-hydrogen) atoms. The molecule has 0 amide bonds. The zero-order chi connectivity index (χ0) is 11.8. The predicted octanol–water partition coefficient (Wildman–Crippen LogP) is 3.28. The van der Waals surface area contributed by atoms with E-state index in [0.717, 1.165) is 6.54 Å². The average molecular weight is 217 g/mol. The van der Waals surface area contributed by atoms with Crippen LogP contribution in [0.3, 0.4) is 0 Å². The van der Waals surface area contributed by atoms with Crippen molar-refractivity contribution in [2.75, 3.05) is 6.54 Å². The van der Waals surface area contributed by atoms with Crippen LogP contribution in [0.15, 0.2) is 12.1 Å². The van der Waals surface area contributed by atoms with Crippen LogP contribution in [-0.2, 0) is 6.42 Å². The number of hydrogen-bond donors (Lipinski definition) is 1. The molecule has 1 saturated carbocycles. The summed E-state index contributed by atoms with van der Waals surface area (Å²) in [6, 6.07) is 4.67. The Hall–Kier alpha value is -0.820. The highest BCUT2D eigenvalue weighted by Crippen LogP contribution is 2.43. The lowest BCUT2D eigenvalue weighted by atomic mass is 9.65. The van der Waals surface area contributed by atoms with E-state index < -0.39 is 0 Å². The third-order valence-corrected chi connectivity index (χ3v) is 4.36. The second-order valence-corrected chi connectivity index (χ2v) is 5.60. The van der Waals surface area contributed by atoms with Crippen LogP contribution >= 0.6 is 0 Å². The lowest BCUT2D eigenvalue weighted by Gasteiger charge is -2.41. The van der Waals surface area contributed by atoms with Crippen molar-refractivity contribution >= 4 is 0 Å². The van der Waals surface area contributed by atoms with Crippen LogP contribution in [-0.4, -0.2) is 6.54 Å². The molecule has 0 aliphatic heterocycles. The highest BCUT2D eigenvalue weighted by molar-refractivity contribution is 5.37. The van der Waals surface area contributed by atoms with E-state index in [4.69, 9.17) is 5.73 Å². The van der Waals surface area contributed by atoms with E-state index >= 15 is 0 Å². The molecule has 1 aliphatic rings. The molecule has 0 spiro atoms. The Labute approximate surface area is 99.0 Å². The van der Waals surface area contributed by atoms with Gasteiger partial charge < -0.3 is 5.73 Å². The summed E-state index contributed by atoms with van der Waals surface area (Å²) in [5.41, 5.74) is 12.1. The van der Waals surface area contributed by atoms with Gasteiger partial charge in [-0.1, -0.05) is 18.6 Å². The molecule has 1 heteroatoms. The first-order chi connectivity index (χ1) is 7.56. The Bertz CT molecular complexity index is 383. The normalized spacial score (nSPS) is 18.2. The van der Waals surface area contributed by atoms with Crippen molar-refractivity contribution in [2.24, 2.45) is 11.1 Å². The Balaban J connectivity index is 2.24. The van der Waals surface area contributed by atoms with Crippen LogP contribution < -0.4 is 5.73 Å². The van der Waals surface area contributed by atoms with E-state index in [0.29, 0.717) is 5.41 Å². The van der Waals surface area contributed by atoms with Crippen molar-refractivity contribution < 1.29 is 0 Å². The van der Waals surface area contributed by atoms with Gasteiger partial charge in [0, 0.05) is 0 Å². The molecule has 0 saturated heterocycles. The molecule has 0 unspecified atom stereocenters. The van der Waals surface area contributed by atoms with Crippen LogP contribution in [0.2, 0.25) is 0 Å². The fourth-order valence-corrected chi connectivity index (χ4v) is 2.74. The molecule has 1 nitrogen and oxygen atoms in total. The molecule has 0 aromatic heterocycles. The number of benzene rings is 1. The Morgan fingerprint density at radius 1 is 1.06 bits per heavy atom. The molecule has 1 fully saturated rings. The van der Waals surface area contributed by atoms with Crippen molar-refractivity contribution in [1.82, 2.24) is 0 Å². The summed E-state index contributed by atoms with van der Waals surface area (Å²) in [6.07, 6.45) is 5.17. The van der Waals surface area contributed by atoms with Crippen LogP contribution in [0.4, 0.5) is 0 Å². The van der Waals surface area contributed by atoms with E-state index in [2.05, 4.69) is 32.9 Å². The van der Waals surface area contributed by atoms with Crippen LogP contribution in [0.1, 0.15) is 41.5 Å². The first-order valence-corrected chi connectivity index (χ1v) is 6.33. The van der Waals surface area contributed by atoms with E-state index in [1.807, 2.05) is 0 Å². The van der Waals surface area contributed by atoms with Gasteiger partial charge in [-0.25, -0.2) is 0 Å². The summed E-state index contributed by atoms with van der Waals surface area (Å²) < 4.78 is 0. The van der Waals surface area contributed by atoms with Crippen LogP contribution in [0, 0.1) is 26.2 Å². The maximum Gasteiger partial charge on any atom is -0.00173 e. The van der Waals surface area contributed by atoms with Crippen molar-refractivity contribution in [1.29, 1.82) is 0 Å². The monoisotopic (exact) mass is 217 g/mol. The molecule has 1 aliphatic carbocycles. The first-order valence-electron chi connectivity index (χ1n) is 6.33. The zero-order valence-electron chi connectivity index (χ0n) is 10.8. The summed E-state index contributed by atoms with van der Waals surface area (Å²) >= 11 is 0. The second kappa shape index (κ2) is 4.21. The van der Waals surface area contributed by atoms with E-state index in [1.165, 1.54) is 47.9 Å². The number of nitrogens with two attached hydrogens (primary N) is 1. The Morgan fingerprint density at radius 2 is 1.69 bits per heavy atom. The SMILES string of the molecule is Cc1cc(C)c(CC2(CN)CCC2)cc1C. The summed E-state index contributed by atoms with van der Waals surface area (Å²) in [5, 5.41) is 0. The fraction of sp³-hybridized carbons (Fsp3) is 0.600. The lowest BCUT2D eigenvalue weighted by molar-refractivity contribution is 0.144. The lowest BCUT2D eigenvalue weighted by Crippen LogP contribution is -2.39. The highest BCUT2D eigenvalue weighted by atomic mass is 14.6. The molecule has 0 atom stereocenters. The fourth-order valence-electron chi connectivity index (χ4n) is 2.74. The van der Waals surface area contributed by atoms with Gasteiger partial charge in [0.1, 0.15) is 0 Å². The van der Waals surface area contributed by atoms with Gasteiger partial charge in [0.2, 0.25) is 0 Å². The van der Waals surface area contributed by atoms with Gasteiger partial charge >= 0.3 is 0 Å². The largest absolute Gasteiger partial charge is 0.330 e. The molecule has 1 aromatic carbocycles. The molecular weight excluding hydrogens is 194 g/mol. The Kier molecular flexibility index (Phi) is 3.07. The van der Waals surface area contributed by atoms with Gasteiger partial charge in [0.25, 0.3) is 0 Å². The second-order valence-electron chi connectivity index (χ2n) is 5.60. The maximum atomic E-state index is 5.93. The third-order valence-electron chi connectivity index (χ3n) is 4.36. The minimum absolute atomic E-state index is 0.423. The minimum Gasteiger partial charge on any atom is -0.330 e. The summed E-state index contributed by atoms with van der Waals surface area (Å²) in [5.74, 6) is 0. The van der Waals surface area contributed by atoms with Crippen molar-refractivity contribution in [3.05, 3.63) is 34.4 Å². The molecule has 1 aromatic rings. The highest BCUT2D eigenvalue weighted by Gasteiger charge is 2.35. The first kappa shape index (κ1) is 11.7. The van der Waals surface area contributed by atoms with Crippen LogP contribution in [0.25, 0.3) is 0 Å². The molecule has 2 N–H and O–H groups in total. The zero-order valence-corrected chi connectivity index (χ0v) is 10.8. The minimum atomic E-state index is 0.423. The van der Waals surface area contributed by atoms with E-state index in [-0.39, 0.29) is 0 Å². The molecule has 0 bridgehead atoms. The number of hydrogen-bond acceptors (Lipinski definition) is 1. The Morgan fingerprint density at radius 3 is 2.19 bits per heavy atom. The number of rotatable bonds is 3. The third kappa shape index (κ3) is 2.01. The molecule has 2 rings (SSSR count). The smallest absolute Gasteiger partial charge is 0.00173 e. The van der Waals surface area contributed by atoms with E-state index in [9.17, 15) is 0 Å². The standard InChI is InChI=1S/C15H23N/c1-11-7-13(3)14(8-12(11)2)9-15(10-16)5-4-6-15/h7-8H,4-6,9-10,16H2,1-3H3. The number of aryl methyl sites for hydroxylation is 3.